The van der Waals surface area contributed by atoms with Gasteiger partial charge in [0.2, 0.25) is 5.95 Å². The minimum atomic E-state index is 0.572. The molecule has 2 rings (SSSR count). The third kappa shape index (κ3) is 1.97. The van der Waals surface area contributed by atoms with Gasteiger partial charge >= 0.3 is 0 Å². The zero-order valence-electron chi connectivity index (χ0n) is 7.90. The maximum absolute atomic E-state index is 4.15. The predicted octanol–water partition coefficient (Wildman–Crippen LogP) is 2.08. The highest BCUT2D eigenvalue weighted by atomic mass is 15.1. The van der Waals surface area contributed by atoms with Crippen molar-refractivity contribution < 1.29 is 0 Å². The van der Waals surface area contributed by atoms with Crippen molar-refractivity contribution in [1.29, 1.82) is 0 Å². The third-order valence-electron chi connectivity index (χ3n) is 2.74. The molecule has 2 unspecified atom stereocenters. The number of nitrogens with one attached hydrogen (secondary N) is 1. The van der Waals surface area contributed by atoms with Gasteiger partial charge in [-0.3, -0.25) is 0 Å². The summed E-state index contributed by atoms with van der Waals surface area (Å²) in [5.74, 6) is 1.52. The van der Waals surface area contributed by atoms with Gasteiger partial charge in [0.1, 0.15) is 0 Å². The Morgan fingerprint density at radius 2 is 2.08 bits per heavy atom. The van der Waals surface area contributed by atoms with Crippen molar-refractivity contribution in [2.45, 2.75) is 32.2 Å². The molecule has 1 N–H and O–H groups in total. The Hall–Kier alpha value is -1.12. The molecule has 1 fully saturated rings. The van der Waals surface area contributed by atoms with Crippen LogP contribution in [0.3, 0.4) is 0 Å². The molecule has 1 aliphatic carbocycles. The Bertz CT molecular complexity index is 260. The molecule has 0 aromatic carbocycles. The summed E-state index contributed by atoms with van der Waals surface area (Å²) in [6, 6.07) is 2.41. The van der Waals surface area contributed by atoms with Gasteiger partial charge in [-0.1, -0.05) is 13.3 Å². The van der Waals surface area contributed by atoms with E-state index >= 15 is 0 Å². The fourth-order valence-corrected chi connectivity index (χ4v) is 1.90. The van der Waals surface area contributed by atoms with Crippen LogP contribution < -0.4 is 5.32 Å². The summed E-state index contributed by atoms with van der Waals surface area (Å²) in [5.41, 5.74) is 0. The molecule has 0 radical (unpaired) electrons. The molecule has 1 aromatic rings. The second-order valence-electron chi connectivity index (χ2n) is 3.73. The van der Waals surface area contributed by atoms with Crippen LogP contribution in [0.2, 0.25) is 0 Å². The second kappa shape index (κ2) is 3.73. The van der Waals surface area contributed by atoms with Crippen molar-refractivity contribution in [3.05, 3.63) is 18.5 Å². The van der Waals surface area contributed by atoms with Gasteiger partial charge < -0.3 is 5.32 Å². The van der Waals surface area contributed by atoms with Gasteiger partial charge in [0.15, 0.2) is 0 Å². The van der Waals surface area contributed by atoms with Gasteiger partial charge in [-0.15, -0.1) is 0 Å². The normalized spacial score (nSPS) is 27.5. The first-order valence-electron chi connectivity index (χ1n) is 4.90. The average Bonchev–Trinajstić information content (AvgIpc) is 2.54. The van der Waals surface area contributed by atoms with E-state index in [1.54, 1.807) is 12.4 Å². The van der Waals surface area contributed by atoms with E-state index < -0.39 is 0 Å². The summed E-state index contributed by atoms with van der Waals surface area (Å²) in [5, 5.41) is 3.37. The van der Waals surface area contributed by atoms with Crippen LogP contribution in [0.15, 0.2) is 18.5 Å². The Labute approximate surface area is 78.6 Å². The highest BCUT2D eigenvalue weighted by molar-refractivity contribution is 5.24. The molecule has 1 aliphatic rings. The number of hydrogen-bond donors (Lipinski definition) is 1. The maximum Gasteiger partial charge on any atom is 0.222 e. The van der Waals surface area contributed by atoms with Gasteiger partial charge in [-0.05, 0) is 24.8 Å². The molecule has 0 saturated heterocycles. The summed E-state index contributed by atoms with van der Waals surface area (Å²) in [4.78, 5) is 8.31. The van der Waals surface area contributed by atoms with E-state index in [9.17, 15) is 0 Å². The highest BCUT2D eigenvalue weighted by Gasteiger charge is 2.23. The molecule has 3 heteroatoms. The van der Waals surface area contributed by atoms with Crippen LogP contribution in [0.4, 0.5) is 5.95 Å². The lowest BCUT2D eigenvalue weighted by molar-refractivity contribution is 0.553. The Kier molecular flexibility index (Phi) is 2.43. The molecule has 70 valence electrons. The minimum Gasteiger partial charge on any atom is -0.351 e. The van der Waals surface area contributed by atoms with Crippen molar-refractivity contribution in [2.24, 2.45) is 5.92 Å². The summed E-state index contributed by atoms with van der Waals surface area (Å²) < 4.78 is 0. The minimum absolute atomic E-state index is 0.572. The van der Waals surface area contributed by atoms with Crippen LogP contribution >= 0.6 is 0 Å². The zero-order valence-corrected chi connectivity index (χ0v) is 7.90. The predicted molar refractivity (Wildman–Crippen MR) is 52.5 cm³/mol. The molecule has 1 aromatic heterocycles. The molecule has 0 bridgehead atoms. The van der Waals surface area contributed by atoms with E-state index in [1.165, 1.54) is 19.3 Å². The Morgan fingerprint density at radius 1 is 1.31 bits per heavy atom. The van der Waals surface area contributed by atoms with Crippen LogP contribution in [0.25, 0.3) is 0 Å². The van der Waals surface area contributed by atoms with Crippen molar-refractivity contribution >= 4 is 5.95 Å². The van der Waals surface area contributed by atoms with Crippen LogP contribution in [-0.4, -0.2) is 16.0 Å². The fourth-order valence-electron chi connectivity index (χ4n) is 1.90. The Balaban J connectivity index is 1.98. The Morgan fingerprint density at radius 3 is 2.69 bits per heavy atom. The molecule has 1 saturated carbocycles. The topological polar surface area (TPSA) is 37.8 Å². The summed E-state index contributed by atoms with van der Waals surface area (Å²) in [6.45, 7) is 2.29. The van der Waals surface area contributed by atoms with E-state index in [4.69, 9.17) is 0 Å². The SMILES string of the molecule is CC1CCCC1Nc1ncccn1. The van der Waals surface area contributed by atoms with Gasteiger partial charge in [0.25, 0.3) is 0 Å². The van der Waals surface area contributed by atoms with Gasteiger partial charge in [0, 0.05) is 18.4 Å². The van der Waals surface area contributed by atoms with Gasteiger partial charge in [0.05, 0.1) is 0 Å². The van der Waals surface area contributed by atoms with Crippen molar-refractivity contribution in [2.75, 3.05) is 5.32 Å². The van der Waals surface area contributed by atoms with Crippen molar-refractivity contribution in [3.63, 3.8) is 0 Å². The summed E-state index contributed by atoms with van der Waals surface area (Å²) in [6.07, 6.45) is 7.44. The lowest BCUT2D eigenvalue weighted by atomic mass is 10.1. The summed E-state index contributed by atoms with van der Waals surface area (Å²) >= 11 is 0. The molecule has 3 nitrogen and oxygen atoms in total. The number of nitrogens with zero attached hydrogens (tertiary/aromatic N) is 2. The molecule has 1 heterocycles. The van der Waals surface area contributed by atoms with Gasteiger partial charge in [-0.2, -0.15) is 0 Å². The lowest BCUT2D eigenvalue weighted by Gasteiger charge is -2.16. The van der Waals surface area contributed by atoms with E-state index in [1.807, 2.05) is 6.07 Å². The largest absolute Gasteiger partial charge is 0.351 e. The molecular weight excluding hydrogens is 162 g/mol. The molecule has 0 aliphatic heterocycles. The molecule has 2 atom stereocenters. The van der Waals surface area contributed by atoms with Crippen LogP contribution in [0, 0.1) is 5.92 Å². The van der Waals surface area contributed by atoms with Gasteiger partial charge in [-0.25, -0.2) is 9.97 Å². The molecular formula is C10H15N3. The molecule has 13 heavy (non-hydrogen) atoms. The second-order valence-corrected chi connectivity index (χ2v) is 3.73. The van der Waals surface area contributed by atoms with Crippen molar-refractivity contribution in [1.82, 2.24) is 9.97 Å². The number of anilines is 1. The van der Waals surface area contributed by atoms with E-state index in [2.05, 4.69) is 22.2 Å². The smallest absolute Gasteiger partial charge is 0.222 e. The highest BCUT2D eigenvalue weighted by Crippen LogP contribution is 2.26. The lowest BCUT2D eigenvalue weighted by Crippen LogP contribution is -2.22. The zero-order chi connectivity index (χ0) is 9.10. The van der Waals surface area contributed by atoms with Crippen LogP contribution in [-0.2, 0) is 0 Å². The first kappa shape index (κ1) is 8.48. The quantitative estimate of drug-likeness (QED) is 0.751. The number of hydrogen-bond acceptors (Lipinski definition) is 3. The summed E-state index contributed by atoms with van der Waals surface area (Å²) in [7, 11) is 0. The molecule has 0 amide bonds. The molecule has 0 spiro atoms. The van der Waals surface area contributed by atoms with E-state index in [0.717, 1.165) is 11.9 Å². The standard InChI is InChI=1S/C10H15N3/c1-8-4-2-5-9(8)13-10-11-6-3-7-12-10/h3,6-9H,2,4-5H2,1H3,(H,11,12,13). The van der Waals surface area contributed by atoms with E-state index in [-0.39, 0.29) is 0 Å². The van der Waals surface area contributed by atoms with E-state index in [0.29, 0.717) is 6.04 Å². The first-order valence-corrected chi connectivity index (χ1v) is 4.90. The first-order chi connectivity index (χ1) is 6.36. The maximum atomic E-state index is 4.15. The van der Waals surface area contributed by atoms with Crippen LogP contribution in [0.1, 0.15) is 26.2 Å². The van der Waals surface area contributed by atoms with Crippen molar-refractivity contribution in [3.8, 4) is 0 Å². The van der Waals surface area contributed by atoms with Crippen LogP contribution in [0.5, 0.6) is 0 Å². The number of aromatic nitrogens is 2. The number of rotatable bonds is 2. The third-order valence-corrected chi connectivity index (χ3v) is 2.74. The fraction of sp³-hybridized carbons (Fsp3) is 0.600. The average molecular weight is 177 g/mol. The monoisotopic (exact) mass is 177 g/mol.